The Kier molecular flexibility index (Phi) is 4.95. The first-order valence-corrected chi connectivity index (χ1v) is 7.87. The number of rotatable bonds is 6. The van der Waals surface area contributed by atoms with Crippen molar-refractivity contribution in [1.82, 2.24) is 15.2 Å². The third-order valence-corrected chi connectivity index (χ3v) is 3.75. The number of nitrogens with two attached hydrogens (primary N) is 1. The van der Waals surface area contributed by atoms with Crippen molar-refractivity contribution >= 4 is 0 Å². The predicted octanol–water partition coefficient (Wildman–Crippen LogP) is 3.07. The van der Waals surface area contributed by atoms with Crippen LogP contribution in [0.5, 0.6) is 11.5 Å². The molecule has 1 aromatic heterocycles. The molecule has 1 heterocycles. The summed E-state index contributed by atoms with van der Waals surface area (Å²) in [6.07, 6.45) is 0. The van der Waals surface area contributed by atoms with Crippen molar-refractivity contribution in [2.45, 2.75) is 13.0 Å². The van der Waals surface area contributed by atoms with E-state index in [1.54, 1.807) is 25.3 Å². The lowest BCUT2D eigenvalue weighted by molar-refractivity contribution is 0.311. The summed E-state index contributed by atoms with van der Waals surface area (Å²) < 4.78 is 23.9. The summed E-state index contributed by atoms with van der Waals surface area (Å²) in [5, 5.41) is 7.06. The first-order valence-electron chi connectivity index (χ1n) is 7.87. The Labute approximate surface area is 144 Å². The molecule has 0 aliphatic carbocycles. The third-order valence-electron chi connectivity index (χ3n) is 3.75. The molecule has 0 fully saturated rings. The molecule has 0 saturated carbocycles. The number of ether oxygens (including phenoxy) is 2. The van der Waals surface area contributed by atoms with Crippen molar-refractivity contribution < 1.29 is 13.9 Å². The largest absolute Gasteiger partial charge is 0.493 e. The van der Waals surface area contributed by atoms with Crippen LogP contribution in [0.15, 0.2) is 42.5 Å². The van der Waals surface area contributed by atoms with Crippen LogP contribution in [0, 0.1) is 5.82 Å². The lowest BCUT2D eigenvalue weighted by Crippen LogP contribution is -2.13. The van der Waals surface area contributed by atoms with Gasteiger partial charge in [0.05, 0.1) is 19.8 Å². The van der Waals surface area contributed by atoms with E-state index in [1.807, 2.05) is 19.1 Å². The fourth-order valence-electron chi connectivity index (χ4n) is 2.45. The topological polar surface area (TPSA) is 86.0 Å². The molecule has 0 amide bonds. The van der Waals surface area contributed by atoms with Crippen LogP contribution in [0.1, 0.15) is 24.4 Å². The van der Waals surface area contributed by atoms with Gasteiger partial charge < -0.3 is 15.2 Å². The predicted molar refractivity (Wildman–Crippen MR) is 92.0 cm³/mol. The second-order valence-corrected chi connectivity index (χ2v) is 5.37. The Hall–Kier alpha value is -2.93. The molecule has 0 unspecified atom stereocenters. The molecule has 0 saturated heterocycles. The second kappa shape index (κ2) is 7.31. The molecule has 0 aliphatic rings. The number of methoxy groups -OCH3 is 1. The van der Waals surface area contributed by atoms with Crippen LogP contribution in [-0.2, 0) is 0 Å². The van der Waals surface area contributed by atoms with Gasteiger partial charge in [-0.15, -0.1) is 0 Å². The van der Waals surface area contributed by atoms with Crippen molar-refractivity contribution in [3.63, 3.8) is 0 Å². The quantitative estimate of drug-likeness (QED) is 0.719. The number of halogens is 1. The minimum absolute atomic E-state index is 0.310. The van der Waals surface area contributed by atoms with Gasteiger partial charge in [0.25, 0.3) is 0 Å². The third kappa shape index (κ3) is 3.61. The lowest BCUT2D eigenvalue weighted by atomic mass is 10.1. The van der Waals surface area contributed by atoms with Crippen molar-refractivity contribution in [1.29, 1.82) is 0 Å². The van der Waals surface area contributed by atoms with Gasteiger partial charge in [-0.1, -0.05) is 12.1 Å². The van der Waals surface area contributed by atoms with E-state index in [9.17, 15) is 4.39 Å². The molecule has 0 spiro atoms. The lowest BCUT2D eigenvalue weighted by Gasteiger charge is -2.10. The Morgan fingerprint density at radius 1 is 1.16 bits per heavy atom. The highest BCUT2D eigenvalue weighted by Gasteiger charge is 2.16. The summed E-state index contributed by atoms with van der Waals surface area (Å²) >= 11 is 0. The van der Waals surface area contributed by atoms with Crippen LogP contribution < -0.4 is 15.2 Å². The van der Waals surface area contributed by atoms with Crippen LogP contribution in [-0.4, -0.2) is 28.9 Å². The maximum Gasteiger partial charge on any atom is 0.181 e. The Morgan fingerprint density at radius 2 is 1.92 bits per heavy atom. The number of H-pyrrole nitrogens is 1. The molecule has 6 nitrogen and oxygen atoms in total. The van der Waals surface area contributed by atoms with E-state index in [2.05, 4.69) is 15.2 Å². The number of nitrogens with one attached hydrogen (secondary N) is 1. The summed E-state index contributed by atoms with van der Waals surface area (Å²) in [6, 6.07) is 10.9. The van der Waals surface area contributed by atoms with Crippen molar-refractivity contribution in [2.24, 2.45) is 5.73 Å². The van der Waals surface area contributed by atoms with Gasteiger partial charge in [0.15, 0.2) is 17.3 Å². The van der Waals surface area contributed by atoms with E-state index in [4.69, 9.17) is 15.2 Å². The molecule has 3 N–H and O–H groups in total. The molecule has 3 aromatic rings. The number of benzene rings is 2. The molecule has 0 bridgehead atoms. The standard InChI is InChI=1S/C18H19FN4O2/c1-3-25-14-9-6-12(10-15(14)24-2)17-21-18(23-22-17)16(20)11-4-7-13(19)8-5-11/h4-10,16H,3,20H2,1-2H3,(H,21,22,23)/t16-/m1/s1. The highest BCUT2D eigenvalue weighted by atomic mass is 19.1. The first-order chi connectivity index (χ1) is 12.1. The summed E-state index contributed by atoms with van der Waals surface area (Å²) in [5.74, 6) is 1.94. The van der Waals surface area contributed by atoms with E-state index < -0.39 is 6.04 Å². The zero-order valence-electron chi connectivity index (χ0n) is 14.0. The molecule has 130 valence electrons. The van der Waals surface area contributed by atoms with Gasteiger partial charge in [0.2, 0.25) is 0 Å². The Morgan fingerprint density at radius 3 is 2.60 bits per heavy atom. The molecule has 2 aromatic carbocycles. The molecular formula is C18H19FN4O2. The zero-order chi connectivity index (χ0) is 17.8. The minimum atomic E-state index is -0.522. The van der Waals surface area contributed by atoms with E-state index >= 15 is 0 Å². The van der Waals surface area contributed by atoms with Crippen molar-refractivity contribution in [3.8, 4) is 22.9 Å². The molecule has 25 heavy (non-hydrogen) atoms. The molecule has 0 aliphatic heterocycles. The smallest absolute Gasteiger partial charge is 0.181 e. The fourth-order valence-corrected chi connectivity index (χ4v) is 2.45. The van der Waals surface area contributed by atoms with E-state index in [-0.39, 0.29) is 5.82 Å². The second-order valence-electron chi connectivity index (χ2n) is 5.37. The van der Waals surface area contributed by atoms with Crippen molar-refractivity contribution in [3.05, 3.63) is 59.7 Å². The molecular weight excluding hydrogens is 323 g/mol. The summed E-state index contributed by atoms with van der Waals surface area (Å²) in [5.41, 5.74) is 7.69. The average molecular weight is 342 g/mol. The summed E-state index contributed by atoms with van der Waals surface area (Å²) in [7, 11) is 1.58. The normalized spacial score (nSPS) is 12.0. The van der Waals surface area contributed by atoms with Gasteiger partial charge in [-0.3, -0.25) is 5.10 Å². The first kappa shape index (κ1) is 16.9. The molecule has 3 rings (SSSR count). The number of hydrogen-bond acceptors (Lipinski definition) is 5. The van der Waals surface area contributed by atoms with Gasteiger partial charge >= 0.3 is 0 Å². The molecule has 7 heteroatoms. The molecule has 1 atom stereocenters. The number of aromatic amines is 1. The van der Waals surface area contributed by atoms with Gasteiger partial charge in [-0.05, 0) is 42.8 Å². The number of aromatic nitrogens is 3. The fraction of sp³-hybridized carbons (Fsp3) is 0.222. The SMILES string of the molecule is CCOc1ccc(-c2n[nH]c([C@H](N)c3ccc(F)cc3)n2)cc1OC. The number of nitrogens with zero attached hydrogens (tertiary/aromatic N) is 2. The highest BCUT2D eigenvalue weighted by molar-refractivity contribution is 5.61. The number of hydrogen-bond donors (Lipinski definition) is 2. The van der Waals surface area contributed by atoms with E-state index in [0.29, 0.717) is 29.8 Å². The molecule has 0 radical (unpaired) electrons. The van der Waals surface area contributed by atoms with Gasteiger partial charge in [0.1, 0.15) is 11.6 Å². The van der Waals surface area contributed by atoms with E-state index in [1.165, 1.54) is 12.1 Å². The van der Waals surface area contributed by atoms with Crippen LogP contribution in [0.3, 0.4) is 0 Å². The zero-order valence-corrected chi connectivity index (χ0v) is 14.0. The average Bonchev–Trinajstić information content (AvgIpc) is 3.12. The maximum absolute atomic E-state index is 13.0. The summed E-state index contributed by atoms with van der Waals surface area (Å²) in [4.78, 5) is 4.45. The van der Waals surface area contributed by atoms with Gasteiger partial charge in [0, 0.05) is 5.56 Å². The minimum Gasteiger partial charge on any atom is -0.493 e. The Balaban J connectivity index is 1.87. The Bertz CT molecular complexity index is 849. The van der Waals surface area contributed by atoms with Crippen LogP contribution >= 0.6 is 0 Å². The summed E-state index contributed by atoms with van der Waals surface area (Å²) in [6.45, 7) is 2.46. The van der Waals surface area contributed by atoms with Crippen LogP contribution in [0.2, 0.25) is 0 Å². The van der Waals surface area contributed by atoms with E-state index in [0.717, 1.165) is 11.1 Å². The van der Waals surface area contributed by atoms with Gasteiger partial charge in [-0.25, -0.2) is 9.37 Å². The monoisotopic (exact) mass is 342 g/mol. The highest BCUT2D eigenvalue weighted by Crippen LogP contribution is 2.31. The van der Waals surface area contributed by atoms with Crippen LogP contribution in [0.4, 0.5) is 4.39 Å². The van der Waals surface area contributed by atoms with Crippen molar-refractivity contribution in [2.75, 3.05) is 13.7 Å². The van der Waals surface area contributed by atoms with Gasteiger partial charge in [-0.2, -0.15) is 5.10 Å². The van der Waals surface area contributed by atoms with Crippen LogP contribution in [0.25, 0.3) is 11.4 Å². The maximum atomic E-state index is 13.0.